The Morgan fingerprint density at radius 2 is 1.83 bits per heavy atom. The van der Waals surface area contributed by atoms with E-state index in [1.54, 1.807) is 55.5 Å². The molecule has 0 radical (unpaired) electrons. The first kappa shape index (κ1) is 21.1. The van der Waals surface area contributed by atoms with Crippen LogP contribution in [0.5, 0.6) is 11.5 Å². The summed E-state index contributed by atoms with van der Waals surface area (Å²) in [5.41, 5.74) is 1.40. The highest BCUT2D eigenvalue weighted by molar-refractivity contribution is 6.32. The van der Waals surface area contributed by atoms with Crippen LogP contribution >= 0.6 is 11.6 Å². The number of nitro groups is 1. The fraction of sp³-hybridized carbons (Fsp3) is 0.143. The number of hydrogen-bond donors (Lipinski definition) is 1. The topological polar surface area (TPSA) is 104 Å². The molecular weight excluding hydrogens is 410 g/mol. The number of carbonyl (C=O) groups is 1. The first-order valence-corrected chi connectivity index (χ1v) is 9.25. The zero-order valence-electron chi connectivity index (χ0n) is 16.2. The van der Waals surface area contributed by atoms with Crippen molar-refractivity contribution in [2.75, 3.05) is 12.4 Å². The van der Waals surface area contributed by atoms with Crippen molar-refractivity contribution in [3.63, 3.8) is 0 Å². The predicted octanol–water partition coefficient (Wildman–Crippen LogP) is 4.72. The molecule has 0 saturated heterocycles. The van der Waals surface area contributed by atoms with Gasteiger partial charge in [-0.1, -0.05) is 41.9 Å². The van der Waals surface area contributed by atoms with Crippen LogP contribution in [-0.4, -0.2) is 22.9 Å². The summed E-state index contributed by atoms with van der Waals surface area (Å²) in [5, 5.41) is 14.4. The molecule has 1 atom stereocenters. The van der Waals surface area contributed by atoms with Gasteiger partial charge in [-0.25, -0.2) is 0 Å². The fourth-order valence-corrected chi connectivity index (χ4v) is 2.99. The molecule has 9 heteroatoms. The Hall–Kier alpha value is -3.65. The molecule has 0 aliphatic rings. The molecule has 0 aliphatic heterocycles. The van der Waals surface area contributed by atoms with Gasteiger partial charge in [0, 0.05) is 18.2 Å². The predicted molar refractivity (Wildman–Crippen MR) is 112 cm³/mol. The molecule has 0 bridgehead atoms. The molecule has 0 saturated carbocycles. The van der Waals surface area contributed by atoms with Crippen LogP contribution in [0.15, 0.2) is 60.7 Å². The molecule has 0 unspecified atom stereocenters. The molecule has 0 fully saturated rings. The van der Waals surface area contributed by atoms with Gasteiger partial charge >= 0.3 is 5.82 Å². The minimum atomic E-state index is -1.16. The van der Waals surface area contributed by atoms with Crippen LogP contribution in [0.3, 0.4) is 0 Å². The number of amides is 1. The van der Waals surface area contributed by atoms with Crippen LogP contribution in [0.2, 0.25) is 5.02 Å². The number of halogens is 1. The third-order valence-corrected chi connectivity index (χ3v) is 4.45. The van der Waals surface area contributed by atoms with Crippen LogP contribution in [0.1, 0.15) is 17.4 Å². The molecule has 1 aromatic heterocycles. The number of anilines is 1. The Bertz CT molecular complexity index is 1080. The number of benzene rings is 2. The van der Waals surface area contributed by atoms with Crippen molar-refractivity contribution in [3.8, 4) is 11.5 Å². The van der Waals surface area contributed by atoms with Crippen LogP contribution in [0.25, 0.3) is 0 Å². The summed E-state index contributed by atoms with van der Waals surface area (Å²) in [7, 11) is 1.49. The third kappa shape index (κ3) is 4.84. The van der Waals surface area contributed by atoms with Crippen LogP contribution in [-0.2, 0) is 4.79 Å². The van der Waals surface area contributed by atoms with Gasteiger partial charge in [-0.05, 0) is 40.2 Å². The summed E-state index contributed by atoms with van der Waals surface area (Å²) in [6.45, 7) is 1.63. The van der Waals surface area contributed by atoms with Crippen LogP contribution < -0.4 is 14.8 Å². The molecule has 2 aromatic carbocycles. The Kier molecular flexibility index (Phi) is 6.48. The van der Waals surface area contributed by atoms with Gasteiger partial charge in [-0.15, -0.1) is 0 Å². The summed E-state index contributed by atoms with van der Waals surface area (Å²) in [6, 6.07) is 16.4. The molecule has 8 nitrogen and oxygen atoms in total. The maximum Gasteiger partial charge on any atom is 0.406 e. The number of nitrogens with zero attached hydrogens (tertiary/aromatic N) is 2. The van der Waals surface area contributed by atoms with E-state index in [-0.39, 0.29) is 5.75 Å². The van der Waals surface area contributed by atoms with Crippen LogP contribution in [0, 0.1) is 17.0 Å². The molecule has 3 rings (SSSR count). The van der Waals surface area contributed by atoms with E-state index in [1.165, 1.54) is 19.2 Å². The van der Waals surface area contributed by atoms with E-state index in [9.17, 15) is 14.9 Å². The van der Waals surface area contributed by atoms with Gasteiger partial charge in [0.25, 0.3) is 5.91 Å². The second-order valence-electron chi connectivity index (χ2n) is 6.28. The van der Waals surface area contributed by atoms with E-state index in [4.69, 9.17) is 21.1 Å². The Balaban J connectivity index is 1.93. The van der Waals surface area contributed by atoms with E-state index < -0.39 is 22.8 Å². The Morgan fingerprint density at radius 3 is 2.47 bits per heavy atom. The standard InChI is InChI=1S/C21H18ClN3O5/c1-13-8-10-18(20(23-13)25(27)28)30-19(14-6-4-3-5-7-14)21(26)24-15-9-11-17(29-2)16(22)12-15/h3-12,19H,1-2H3,(H,24,26)/t19-/m0/s1. The second kappa shape index (κ2) is 9.23. The zero-order chi connectivity index (χ0) is 21.7. The molecule has 1 heterocycles. The number of aryl methyl sites for hydroxylation is 1. The highest BCUT2D eigenvalue weighted by Crippen LogP contribution is 2.31. The number of ether oxygens (including phenoxy) is 2. The van der Waals surface area contributed by atoms with E-state index in [1.807, 2.05) is 0 Å². The van der Waals surface area contributed by atoms with Gasteiger partial charge in [0.2, 0.25) is 11.9 Å². The first-order valence-electron chi connectivity index (χ1n) is 8.87. The maximum atomic E-state index is 13.0. The molecule has 30 heavy (non-hydrogen) atoms. The van der Waals surface area contributed by atoms with E-state index >= 15 is 0 Å². The number of aromatic nitrogens is 1. The molecule has 3 aromatic rings. The molecule has 0 spiro atoms. The number of nitrogens with one attached hydrogen (secondary N) is 1. The third-order valence-electron chi connectivity index (χ3n) is 4.16. The lowest BCUT2D eigenvalue weighted by atomic mass is 10.1. The normalized spacial score (nSPS) is 11.4. The second-order valence-corrected chi connectivity index (χ2v) is 6.69. The van der Waals surface area contributed by atoms with Crippen molar-refractivity contribution in [1.82, 2.24) is 4.98 Å². The molecule has 0 aliphatic carbocycles. The lowest BCUT2D eigenvalue weighted by molar-refractivity contribution is -0.390. The van der Waals surface area contributed by atoms with Crippen molar-refractivity contribution >= 4 is 29.0 Å². The van der Waals surface area contributed by atoms with Crippen molar-refractivity contribution in [2.45, 2.75) is 13.0 Å². The SMILES string of the molecule is COc1ccc(NC(=O)[C@@H](Oc2ccc(C)nc2[N+](=O)[O-])c2ccccc2)cc1Cl. The summed E-state index contributed by atoms with van der Waals surface area (Å²) in [6.07, 6.45) is -1.16. The number of methoxy groups -OCH3 is 1. The first-order chi connectivity index (χ1) is 14.4. The van der Waals surface area contributed by atoms with E-state index in [0.29, 0.717) is 27.7 Å². The summed E-state index contributed by atoms with van der Waals surface area (Å²) in [4.78, 5) is 27.7. The number of pyridine rings is 1. The highest BCUT2D eigenvalue weighted by Gasteiger charge is 2.27. The van der Waals surface area contributed by atoms with Gasteiger partial charge in [-0.3, -0.25) is 4.79 Å². The van der Waals surface area contributed by atoms with Gasteiger partial charge < -0.3 is 24.9 Å². The fourth-order valence-electron chi connectivity index (χ4n) is 2.73. The summed E-state index contributed by atoms with van der Waals surface area (Å²) < 4.78 is 10.9. The molecule has 1 N–H and O–H groups in total. The van der Waals surface area contributed by atoms with Crippen molar-refractivity contribution < 1.29 is 19.2 Å². The van der Waals surface area contributed by atoms with Crippen molar-refractivity contribution in [3.05, 3.63) is 87.1 Å². The Labute approximate surface area is 177 Å². The van der Waals surface area contributed by atoms with Gasteiger partial charge in [0.05, 0.1) is 12.1 Å². The van der Waals surface area contributed by atoms with Gasteiger partial charge in [0.1, 0.15) is 11.4 Å². The minimum absolute atomic E-state index is 0.109. The molecule has 1 amide bonds. The van der Waals surface area contributed by atoms with Gasteiger partial charge in [-0.2, -0.15) is 0 Å². The molecular formula is C21H18ClN3O5. The average Bonchev–Trinajstić information content (AvgIpc) is 2.73. The summed E-state index contributed by atoms with van der Waals surface area (Å²) in [5.74, 6) is -0.636. The van der Waals surface area contributed by atoms with Crippen molar-refractivity contribution in [1.29, 1.82) is 0 Å². The minimum Gasteiger partial charge on any atom is -0.495 e. The smallest absolute Gasteiger partial charge is 0.406 e. The van der Waals surface area contributed by atoms with Crippen LogP contribution in [0.4, 0.5) is 11.5 Å². The number of hydrogen-bond acceptors (Lipinski definition) is 6. The zero-order valence-corrected chi connectivity index (χ0v) is 16.9. The Morgan fingerprint density at radius 1 is 1.13 bits per heavy atom. The summed E-state index contributed by atoms with van der Waals surface area (Å²) >= 11 is 6.12. The van der Waals surface area contributed by atoms with E-state index in [2.05, 4.69) is 10.3 Å². The lowest BCUT2D eigenvalue weighted by Crippen LogP contribution is -2.26. The molecule has 154 valence electrons. The maximum absolute atomic E-state index is 13.0. The number of rotatable bonds is 7. The van der Waals surface area contributed by atoms with Crippen molar-refractivity contribution in [2.24, 2.45) is 0 Å². The number of carbonyl (C=O) groups excluding carboxylic acids is 1. The van der Waals surface area contributed by atoms with E-state index in [0.717, 1.165) is 0 Å². The average molecular weight is 428 g/mol. The highest BCUT2D eigenvalue weighted by atomic mass is 35.5. The monoisotopic (exact) mass is 427 g/mol. The quantitative estimate of drug-likeness (QED) is 0.432. The largest absolute Gasteiger partial charge is 0.495 e. The lowest BCUT2D eigenvalue weighted by Gasteiger charge is -2.19. The van der Waals surface area contributed by atoms with Gasteiger partial charge in [0.15, 0.2) is 0 Å².